The van der Waals surface area contributed by atoms with Crippen LogP contribution in [0.15, 0.2) is 49.0 Å². The zero-order chi connectivity index (χ0) is 22.9. The Balaban J connectivity index is 0.000000430. The van der Waals surface area contributed by atoms with Gasteiger partial charge in [-0.15, -0.1) is 6.42 Å². The summed E-state index contributed by atoms with van der Waals surface area (Å²) in [5, 5.41) is 0. The molecule has 164 valence electrons. The molecule has 30 heavy (non-hydrogen) atoms. The molecule has 0 amide bonds. The van der Waals surface area contributed by atoms with Gasteiger partial charge in [-0.05, 0) is 60.9 Å². The largest absolute Gasteiger partial charge is 0.115 e. The van der Waals surface area contributed by atoms with Gasteiger partial charge in [0.25, 0.3) is 0 Å². The molecule has 0 fully saturated rings. The van der Waals surface area contributed by atoms with Crippen LogP contribution in [0.3, 0.4) is 0 Å². The van der Waals surface area contributed by atoms with Gasteiger partial charge in [-0.2, -0.15) is 0 Å². The van der Waals surface area contributed by atoms with Crippen molar-refractivity contribution >= 4 is 5.57 Å². The summed E-state index contributed by atoms with van der Waals surface area (Å²) in [4.78, 5) is 0. The van der Waals surface area contributed by atoms with Crippen LogP contribution in [0.25, 0.3) is 5.57 Å². The van der Waals surface area contributed by atoms with E-state index in [0.29, 0.717) is 0 Å². The molecule has 0 N–H and O–H groups in total. The Hall–Kier alpha value is -2.26. The maximum atomic E-state index is 5.20. The van der Waals surface area contributed by atoms with Crippen LogP contribution in [0, 0.1) is 19.3 Å². The van der Waals surface area contributed by atoms with Crippen molar-refractivity contribution in [2.45, 2.75) is 92.9 Å². The van der Waals surface area contributed by atoms with Crippen LogP contribution >= 0.6 is 0 Å². The summed E-state index contributed by atoms with van der Waals surface area (Å²) in [6.45, 7) is 19.2. The van der Waals surface area contributed by atoms with E-state index in [2.05, 4.69) is 72.2 Å². The van der Waals surface area contributed by atoms with E-state index >= 15 is 0 Å². The number of hydrogen-bond donors (Lipinski definition) is 0. The van der Waals surface area contributed by atoms with Crippen molar-refractivity contribution in [1.29, 1.82) is 0 Å². The topological polar surface area (TPSA) is 0 Å². The van der Waals surface area contributed by atoms with Crippen LogP contribution in [-0.2, 0) is 6.42 Å². The molecule has 2 aromatic carbocycles. The minimum atomic E-state index is 0.745. The first kappa shape index (κ1) is 27.7. The summed E-state index contributed by atoms with van der Waals surface area (Å²) in [5.41, 5.74) is 7.81. The number of fused-ring (bicyclic) bond motifs is 1. The number of benzene rings is 2. The third-order valence-corrected chi connectivity index (χ3v) is 5.33. The Morgan fingerprint density at radius 3 is 1.97 bits per heavy atom. The van der Waals surface area contributed by atoms with Gasteiger partial charge >= 0.3 is 0 Å². The molecular formula is C30H44. The minimum absolute atomic E-state index is 0.745. The van der Waals surface area contributed by atoms with Gasteiger partial charge in [0.1, 0.15) is 0 Å². The molecule has 2 aromatic rings. The Morgan fingerprint density at radius 1 is 0.967 bits per heavy atom. The van der Waals surface area contributed by atoms with Crippen molar-refractivity contribution < 1.29 is 0 Å². The van der Waals surface area contributed by atoms with Crippen molar-refractivity contribution in [1.82, 2.24) is 0 Å². The SMILES string of the molecule is C#Cc1ccccc1C.C=C(C)c1cccc2c1CCC2C.CCCC.CCCC. The molecule has 3 rings (SSSR count). The van der Waals surface area contributed by atoms with Crippen molar-refractivity contribution in [2.24, 2.45) is 0 Å². The molecule has 0 bridgehead atoms. The summed E-state index contributed by atoms with van der Waals surface area (Å²) in [7, 11) is 0. The van der Waals surface area contributed by atoms with Crippen LogP contribution < -0.4 is 0 Å². The lowest BCUT2D eigenvalue weighted by atomic mass is 9.97. The van der Waals surface area contributed by atoms with E-state index in [1.54, 1.807) is 11.1 Å². The highest BCUT2D eigenvalue weighted by atomic mass is 14.2. The highest BCUT2D eigenvalue weighted by Crippen LogP contribution is 2.36. The smallest absolute Gasteiger partial charge is 0.0271 e. The van der Waals surface area contributed by atoms with E-state index in [0.717, 1.165) is 11.5 Å². The summed E-state index contributed by atoms with van der Waals surface area (Å²) in [6, 6.07) is 14.5. The third kappa shape index (κ3) is 9.98. The lowest BCUT2D eigenvalue weighted by Gasteiger charge is -2.08. The fourth-order valence-electron chi connectivity index (χ4n) is 3.00. The van der Waals surface area contributed by atoms with Crippen molar-refractivity contribution in [2.75, 3.05) is 0 Å². The molecule has 0 heteroatoms. The molecule has 1 aliphatic carbocycles. The lowest BCUT2D eigenvalue weighted by molar-refractivity contribution is 0.747. The molecule has 0 saturated carbocycles. The number of unbranched alkanes of at least 4 members (excludes halogenated alkanes) is 2. The zero-order valence-corrected chi connectivity index (χ0v) is 20.6. The lowest BCUT2D eigenvalue weighted by Crippen LogP contribution is -1.90. The van der Waals surface area contributed by atoms with Gasteiger partial charge in [-0.3, -0.25) is 0 Å². The van der Waals surface area contributed by atoms with E-state index in [9.17, 15) is 0 Å². The molecule has 0 aromatic heterocycles. The van der Waals surface area contributed by atoms with E-state index in [4.69, 9.17) is 6.42 Å². The molecule has 1 unspecified atom stereocenters. The number of allylic oxidation sites excluding steroid dienone is 1. The van der Waals surface area contributed by atoms with E-state index < -0.39 is 0 Å². The third-order valence-electron chi connectivity index (χ3n) is 5.33. The average Bonchev–Trinajstić information content (AvgIpc) is 3.15. The highest BCUT2D eigenvalue weighted by molar-refractivity contribution is 5.66. The molecule has 1 aliphatic rings. The first-order valence-electron chi connectivity index (χ1n) is 11.7. The predicted octanol–water partition coefficient (Wildman–Crippen LogP) is 9.36. The standard InChI is InChI=1S/C13H16.C9H8.2C4H10/c1-9(2)11-5-4-6-12-10(3)7-8-13(11)12;1-3-9-7-5-4-6-8(9)2;2*1-3-4-2/h4-6,10H,1,7-8H2,2-3H3;1,4-7H,2H3;2*3-4H2,1-2H3. The number of rotatable bonds is 3. The Labute approximate surface area is 187 Å². The van der Waals surface area contributed by atoms with E-state index in [1.165, 1.54) is 55.2 Å². The zero-order valence-electron chi connectivity index (χ0n) is 20.6. The Kier molecular flexibility index (Phi) is 15.3. The molecule has 0 radical (unpaired) electrons. The maximum absolute atomic E-state index is 5.20. The number of terminal acetylenes is 1. The number of hydrogen-bond acceptors (Lipinski definition) is 0. The molecule has 0 spiro atoms. The minimum Gasteiger partial charge on any atom is -0.115 e. The van der Waals surface area contributed by atoms with Gasteiger partial charge < -0.3 is 0 Å². The Bertz CT molecular complexity index is 765. The van der Waals surface area contributed by atoms with Gasteiger partial charge in [-0.25, -0.2) is 0 Å². The number of aryl methyl sites for hydroxylation is 1. The molecule has 0 saturated heterocycles. The quantitative estimate of drug-likeness (QED) is 0.447. The van der Waals surface area contributed by atoms with Crippen molar-refractivity contribution in [3.8, 4) is 12.3 Å². The fourth-order valence-corrected chi connectivity index (χ4v) is 3.00. The molecule has 1 atom stereocenters. The van der Waals surface area contributed by atoms with Gasteiger partial charge in [0, 0.05) is 5.56 Å². The molecular weight excluding hydrogens is 360 g/mol. The van der Waals surface area contributed by atoms with Gasteiger partial charge in [0.05, 0.1) is 0 Å². The second-order valence-electron chi connectivity index (χ2n) is 8.05. The van der Waals surface area contributed by atoms with Crippen LogP contribution in [-0.4, -0.2) is 0 Å². The summed E-state index contributed by atoms with van der Waals surface area (Å²) in [6.07, 6.45) is 13.0. The van der Waals surface area contributed by atoms with Crippen molar-refractivity contribution in [3.05, 3.63) is 76.9 Å². The van der Waals surface area contributed by atoms with Crippen LogP contribution in [0.5, 0.6) is 0 Å². The van der Waals surface area contributed by atoms with Gasteiger partial charge in [-0.1, -0.05) is 115 Å². The Morgan fingerprint density at radius 2 is 1.53 bits per heavy atom. The van der Waals surface area contributed by atoms with E-state index in [1.807, 2.05) is 31.2 Å². The van der Waals surface area contributed by atoms with Gasteiger partial charge in [0.2, 0.25) is 0 Å². The fraction of sp³-hybridized carbons (Fsp3) is 0.467. The van der Waals surface area contributed by atoms with Crippen LogP contribution in [0.4, 0.5) is 0 Å². The molecule has 0 aliphatic heterocycles. The summed E-state index contributed by atoms with van der Waals surface area (Å²) < 4.78 is 0. The predicted molar refractivity (Wildman–Crippen MR) is 138 cm³/mol. The average molecular weight is 405 g/mol. The van der Waals surface area contributed by atoms with Crippen molar-refractivity contribution in [3.63, 3.8) is 0 Å². The summed E-state index contributed by atoms with van der Waals surface area (Å²) in [5.74, 6) is 3.34. The first-order chi connectivity index (χ1) is 14.4. The second-order valence-corrected chi connectivity index (χ2v) is 8.05. The van der Waals surface area contributed by atoms with Crippen LogP contribution in [0.1, 0.15) is 107 Å². The van der Waals surface area contributed by atoms with Gasteiger partial charge in [0.15, 0.2) is 0 Å². The van der Waals surface area contributed by atoms with E-state index in [-0.39, 0.29) is 0 Å². The maximum Gasteiger partial charge on any atom is 0.0271 e. The monoisotopic (exact) mass is 404 g/mol. The molecule has 0 nitrogen and oxygen atoms in total. The second kappa shape index (κ2) is 16.5. The first-order valence-corrected chi connectivity index (χ1v) is 11.7. The summed E-state index contributed by atoms with van der Waals surface area (Å²) >= 11 is 0. The highest BCUT2D eigenvalue weighted by Gasteiger charge is 2.20. The molecule has 0 heterocycles. The van der Waals surface area contributed by atoms with Crippen LogP contribution in [0.2, 0.25) is 0 Å². The normalized spacial score (nSPS) is 13.2.